The molecule has 7 nitrogen and oxygen atoms in total. The molecule has 0 saturated carbocycles. The number of halogens is 1. The van der Waals surface area contributed by atoms with E-state index in [9.17, 15) is 22.4 Å². The minimum atomic E-state index is -4.09. The number of carbonyl (C=O) groups is 1. The van der Waals surface area contributed by atoms with Crippen LogP contribution < -0.4 is 10.3 Å². The SMILES string of the molecule is Cc1ccc2c(COC(=O)c3ccccc3NS(=O)(=O)c3ccc(F)c(C)c3)cc(=O)oc2c1. The highest BCUT2D eigenvalue weighted by molar-refractivity contribution is 7.92. The summed E-state index contributed by atoms with van der Waals surface area (Å²) >= 11 is 0. The Balaban J connectivity index is 1.58. The van der Waals surface area contributed by atoms with Crippen LogP contribution in [-0.2, 0) is 21.4 Å². The van der Waals surface area contributed by atoms with Crippen molar-refractivity contribution in [3.63, 3.8) is 0 Å². The van der Waals surface area contributed by atoms with Gasteiger partial charge in [0, 0.05) is 17.0 Å². The molecule has 0 bridgehead atoms. The number of sulfonamides is 1. The van der Waals surface area contributed by atoms with Crippen LogP contribution in [-0.4, -0.2) is 14.4 Å². The Bertz CT molecular complexity index is 1580. The highest BCUT2D eigenvalue weighted by Gasteiger charge is 2.20. The van der Waals surface area contributed by atoms with Crippen LogP contribution in [0.4, 0.5) is 10.1 Å². The molecular weight excluding hydrogens is 461 g/mol. The lowest BCUT2D eigenvalue weighted by Crippen LogP contribution is -2.17. The summed E-state index contributed by atoms with van der Waals surface area (Å²) in [5, 5.41) is 0.624. The highest BCUT2D eigenvalue weighted by Crippen LogP contribution is 2.24. The molecule has 0 aliphatic carbocycles. The van der Waals surface area contributed by atoms with Crippen LogP contribution in [0.15, 0.2) is 80.8 Å². The monoisotopic (exact) mass is 481 g/mol. The van der Waals surface area contributed by atoms with Crippen molar-refractivity contribution >= 4 is 32.6 Å². The van der Waals surface area contributed by atoms with Crippen molar-refractivity contribution in [3.05, 3.63) is 105 Å². The number of ether oxygens (including phenoxy) is 1. The van der Waals surface area contributed by atoms with Crippen molar-refractivity contribution < 1.29 is 26.8 Å². The van der Waals surface area contributed by atoms with Crippen LogP contribution in [0.25, 0.3) is 11.0 Å². The third-order valence-electron chi connectivity index (χ3n) is 5.18. The number of benzene rings is 3. The second kappa shape index (κ2) is 9.11. The van der Waals surface area contributed by atoms with Gasteiger partial charge in [-0.3, -0.25) is 4.72 Å². The zero-order chi connectivity index (χ0) is 24.5. The quantitative estimate of drug-likeness (QED) is 0.316. The molecule has 0 aliphatic heterocycles. The Morgan fingerprint density at radius 3 is 2.56 bits per heavy atom. The maximum atomic E-state index is 13.5. The standard InChI is InChI=1S/C25H20FNO6S/c1-15-7-9-19-17(13-24(28)33-23(19)11-15)14-32-25(29)20-5-3-4-6-22(20)27-34(30,31)18-8-10-21(26)16(2)12-18/h3-13,27H,14H2,1-2H3. The van der Waals surface area contributed by atoms with Crippen LogP contribution in [0.1, 0.15) is 27.0 Å². The number of para-hydroxylation sites is 1. The Hall–Kier alpha value is -3.98. The zero-order valence-electron chi connectivity index (χ0n) is 18.3. The summed E-state index contributed by atoms with van der Waals surface area (Å²) in [5.74, 6) is -1.32. The van der Waals surface area contributed by atoms with Crippen molar-refractivity contribution in [1.29, 1.82) is 0 Å². The zero-order valence-corrected chi connectivity index (χ0v) is 19.1. The number of nitrogens with one attached hydrogen (secondary N) is 1. The first-order valence-electron chi connectivity index (χ1n) is 10.2. The summed E-state index contributed by atoms with van der Waals surface area (Å²) in [6, 6.07) is 15.9. The van der Waals surface area contributed by atoms with E-state index in [4.69, 9.17) is 9.15 Å². The number of hydrogen-bond acceptors (Lipinski definition) is 6. The van der Waals surface area contributed by atoms with E-state index < -0.39 is 27.4 Å². The molecular formula is C25H20FNO6S. The van der Waals surface area contributed by atoms with Crippen LogP contribution in [0, 0.1) is 19.7 Å². The molecule has 0 amide bonds. The van der Waals surface area contributed by atoms with Crippen LogP contribution in [0.3, 0.4) is 0 Å². The van der Waals surface area contributed by atoms with Gasteiger partial charge in [-0.25, -0.2) is 22.4 Å². The summed E-state index contributed by atoms with van der Waals surface area (Å²) < 4.78 is 52.1. The van der Waals surface area contributed by atoms with Crippen LogP contribution in [0.5, 0.6) is 0 Å². The summed E-state index contributed by atoms with van der Waals surface area (Å²) in [5.41, 5.74) is 1.32. The average Bonchev–Trinajstić information content (AvgIpc) is 2.78. The van der Waals surface area contributed by atoms with E-state index in [2.05, 4.69) is 4.72 Å². The second-order valence-electron chi connectivity index (χ2n) is 7.73. The highest BCUT2D eigenvalue weighted by atomic mass is 32.2. The van der Waals surface area contributed by atoms with Gasteiger partial charge >= 0.3 is 11.6 Å². The molecule has 0 spiro atoms. The fourth-order valence-corrected chi connectivity index (χ4v) is 4.58. The van der Waals surface area contributed by atoms with Crippen molar-refractivity contribution in [1.82, 2.24) is 0 Å². The van der Waals surface area contributed by atoms with E-state index >= 15 is 0 Å². The van der Waals surface area contributed by atoms with Gasteiger partial charge in [0.15, 0.2) is 0 Å². The third kappa shape index (κ3) is 4.84. The Morgan fingerprint density at radius 1 is 1.03 bits per heavy atom. The molecule has 3 aromatic carbocycles. The largest absolute Gasteiger partial charge is 0.457 e. The van der Waals surface area contributed by atoms with Gasteiger partial charge in [0.2, 0.25) is 0 Å². The molecule has 1 N–H and O–H groups in total. The van der Waals surface area contributed by atoms with Crippen molar-refractivity contribution in [2.75, 3.05) is 4.72 Å². The van der Waals surface area contributed by atoms with Crippen LogP contribution >= 0.6 is 0 Å². The van der Waals surface area contributed by atoms with Gasteiger partial charge in [-0.05, 0) is 61.4 Å². The predicted octanol–water partition coefficient (Wildman–Crippen LogP) is 4.71. The van der Waals surface area contributed by atoms with Gasteiger partial charge < -0.3 is 9.15 Å². The smallest absolute Gasteiger partial charge is 0.340 e. The van der Waals surface area contributed by atoms with Gasteiger partial charge in [0.05, 0.1) is 16.1 Å². The van der Waals surface area contributed by atoms with Gasteiger partial charge in [-0.2, -0.15) is 0 Å². The first kappa shape index (κ1) is 23.2. The Morgan fingerprint density at radius 2 is 1.79 bits per heavy atom. The summed E-state index contributed by atoms with van der Waals surface area (Å²) in [7, 11) is -4.09. The van der Waals surface area contributed by atoms with Crippen molar-refractivity contribution in [2.24, 2.45) is 0 Å². The molecule has 9 heteroatoms. The van der Waals surface area contributed by atoms with Gasteiger partial charge in [-0.1, -0.05) is 24.3 Å². The molecule has 0 atom stereocenters. The molecule has 4 aromatic rings. The van der Waals surface area contributed by atoms with Gasteiger partial charge in [0.1, 0.15) is 18.0 Å². The topological polar surface area (TPSA) is 103 Å². The molecule has 4 rings (SSSR count). The number of hydrogen-bond donors (Lipinski definition) is 1. The summed E-state index contributed by atoms with van der Waals surface area (Å²) in [6.45, 7) is 3.09. The number of rotatable bonds is 6. The van der Waals surface area contributed by atoms with Crippen molar-refractivity contribution in [2.45, 2.75) is 25.3 Å². The molecule has 0 fully saturated rings. The van der Waals surface area contributed by atoms with E-state index in [0.29, 0.717) is 16.5 Å². The fraction of sp³-hybridized carbons (Fsp3) is 0.120. The van der Waals surface area contributed by atoms with E-state index in [1.807, 2.05) is 13.0 Å². The van der Waals surface area contributed by atoms with Gasteiger partial charge in [-0.15, -0.1) is 0 Å². The number of anilines is 1. The van der Waals surface area contributed by atoms with E-state index in [0.717, 1.165) is 17.7 Å². The normalized spacial score (nSPS) is 11.4. The van der Waals surface area contributed by atoms with Crippen LogP contribution in [0.2, 0.25) is 0 Å². The first-order valence-corrected chi connectivity index (χ1v) is 11.7. The number of carbonyl (C=O) groups excluding carboxylic acids is 1. The first-order chi connectivity index (χ1) is 16.1. The minimum Gasteiger partial charge on any atom is -0.457 e. The fourth-order valence-electron chi connectivity index (χ4n) is 3.42. The average molecular weight is 482 g/mol. The second-order valence-corrected chi connectivity index (χ2v) is 9.41. The predicted molar refractivity (Wildman–Crippen MR) is 125 cm³/mol. The summed E-state index contributed by atoms with van der Waals surface area (Å²) in [6.07, 6.45) is 0. The van der Waals surface area contributed by atoms with E-state index in [1.165, 1.54) is 31.2 Å². The lowest BCUT2D eigenvalue weighted by Gasteiger charge is -2.13. The number of esters is 1. The molecule has 0 unspecified atom stereocenters. The molecule has 34 heavy (non-hydrogen) atoms. The third-order valence-corrected chi connectivity index (χ3v) is 6.54. The van der Waals surface area contributed by atoms with E-state index in [-0.39, 0.29) is 28.3 Å². The lowest BCUT2D eigenvalue weighted by atomic mass is 10.1. The maximum absolute atomic E-state index is 13.5. The minimum absolute atomic E-state index is 0.00235. The lowest BCUT2D eigenvalue weighted by molar-refractivity contribution is 0.0475. The summed E-state index contributed by atoms with van der Waals surface area (Å²) in [4.78, 5) is 24.6. The molecule has 1 aromatic heterocycles. The Labute approximate surface area is 194 Å². The molecule has 0 radical (unpaired) electrons. The molecule has 0 aliphatic rings. The molecule has 1 heterocycles. The van der Waals surface area contributed by atoms with Gasteiger partial charge in [0.25, 0.3) is 10.0 Å². The molecule has 0 saturated heterocycles. The number of aryl methyl sites for hydroxylation is 2. The Kier molecular flexibility index (Phi) is 6.21. The number of fused-ring (bicyclic) bond motifs is 1. The molecule has 174 valence electrons. The van der Waals surface area contributed by atoms with Crippen molar-refractivity contribution in [3.8, 4) is 0 Å². The van der Waals surface area contributed by atoms with E-state index in [1.54, 1.807) is 24.3 Å². The maximum Gasteiger partial charge on any atom is 0.340 e.